The summed E-state index contributed by atoms with van der Waals surface area (Å²) in [5.74, 6) is 0. The number of hydrogen-bond acceptors (Lipinski definition) is 2. The zero-order valence-corrected chi connectivity index (χ0v) is 11.2. The molecule has 0 aliphatic carbocycles. The molecular weight excluding hydrogens is 257 g/mol. The van der Waals surface area contributed by atoms with Crippen LogP contribution in [-0.2, 0) is 4.74 Å². The molecule has 0 bridgehead atoms. The van der Waals surface area contributed by atoms with Crippen molar-refractivity contribution in [1.82, 2.24) is 0 Å². The second-order valence-electron chi connectivity index (χ2n) is 4.17. The fourth-order valence-electron chi connectivity index (χ4n) is 1.74. The minimum atomic E-state index is 0.205. The molecule has 4 heteroatoms. The lowest BCUT2D eigenvalue weighted by Crippen LogP contribution is -2.23. The predicted molar refractivity (Wildman–Crippen MR) is 72.9 cm³/mol. The number of ether oxygens (including phenoxy) is 1. The van der Waals surface area contributed by atoms with Crippen molar-refractivity contribution in [2.45, 2.75) is 25.9 Å². The molecule has 0 aromatic heterocycles. The first-order valence-corrected chi connectivity index (χ1v) is 6.42. The first kappa shape index (κ1) is 12.6. The van der Waals surface area contributed by atoms with E-state index in [1.807, 2.05) is 25.1 Å². The van der Waals surface area contributed by atoms with Crippen molar-refractivity contribution in [3.63, 3.8) is 0 Å². The van der Waals surface area contributed by atoms with Crippen molar-refractivity contribution in [3.8, 4) is 0 Å². The average Bonchev–Trinajstić information content (AvgIpc) is 2.33. The van der Waals surface area contributed by atoms with Crippen LogP contribution in [0.25, 0.3) is 0 Å². The maximum absolute atomic E-state index is 6.14. The van der Waals surface area contributed by atoms with E-state index in [0.717, 1.165) is 35.7 Å². The normalized spacial score (nSPS) is 18.9. The van der Waals surface area contributed by atoms with Gasteiger partial charge in [-0.15, -0.1) is 0 Å². The van der Waals surface area contributed by atoms with Gasteiger partial charge in [-0.25, -0.2) is 0 Å². The summed E-state index contributed by atoms with van der Waals surface area (Å²) >= 11 is 12.2. The van der Waals surface area contributed by atoms with E-state index in [9.17, 15) is 0 Å². The van der Waals surface area contributed by atoms with Gasteiger partial charge in [-0.05, 0) is 43.5 Å². The Morgan fingerprint density at radius 2 is 2.18 bits per heavy atom. The molecule has 0 radical (unpaired) electrons. The standard InChI is InChI=1S/C13H15Cl2NO/c1-9-6-12(15)13(7-11(9)14)16-8-10-4-2-3-5-17-10/h3,5-7,10,16H,2,4,8H2,1H3. The van der Waals surface area contributed by atoms with Crippen LogP contribution in [0.4, 0.5) is 5.69 Å². The Labute approximate surface area is 112 Å². The second-order valence-corrected chi connectivity index (χ2v) is 4.98. The fraction of sp³-hybridized carbons (Fsp3) is 0.385. The molecule has 1 aliphatic rings. The molecule has 1 unspecified atom stereocenters. The fourth-order valence-corrected chi connectivity index (χ4v) is 2.19. The highest BCUT2D eigenvalue weighted by molar-refractivity contribution is 6.35. The Morgan fingerprint density at radius 3 is 2.88 bits per heavy atom. The quantitative estimate of drug-likeness (QED) is 0.880. The van der Waals surface area contributed by atoms with Gasteiger partial charge in [-0.1, -0.05) is 23.2 Å². The summed E-state index contributed by atoms with van der Waals surface area (Å²) in [5.41, 5.74) is 1.85. The summed E-state index contributed by atoms with van der Waals surface area (Å²) in [6, 6.07) is 3.73. The summed E-state index contributed by atoms with van der Waals surface area (Å²) in [6.07, 6.45) is 6.09. The number of allylic oxidation sites excluding steroid dienone is 1. The number of hydrogen-bond donors (Lipinski definition) is 1. The van der Waals surface area contributed by atoms with E-state index in [1.54, 1.807) is 6.26 Å². The van der Waals surface area contributed by atoms with E-state index in [-0.39, 0.29) is 6.10 Å². The molecule has 0 saturated heterocycles. The highest BCUT2D eigenvalue weighted by Gasteiger charge is 2.12. The Balaban J connectivity index is 1.98. The molecule has 1 N–H and O–H groups in total. The van der Waals surface area contributed by atoms with E-state index in [2.05, 4.69) is 5.32 Å². The monoisotopic (exact) mass is 271 g/mol. The highest BCUT2D eigenvalue weighted by Crippen LogP contribution is 2.29. The number of nitrogens with one attached hydrogen (secondary N) is 1. The highest BCUT2D eigenvalue weighted by atomic mass is 35.5. The van der Waals surface area contributed by atoms with Gasteiger partial charge in [-0.2, -0.15) is 0 Å². The maximum Gasteiger partial charge on any atom is 0.115 e. The second kappa shape index (κ2) is 5.65. The number of halogens is 2. The third-order valence-electron chi connectivity index (χ3n) is 2.79. The molecule has 17 heavy (non-hydrogen) atoms. The Morgan fingerprint density at radius 1 is 1.35 bits per heavy atom. The van der Waals surface area contributed by atoms with Gasteiger partial charge in [0.25, 0.3) is 0 Å². The van der Waals surface area contributed by atoms with Gasteiger partial charge in [0.05, 0.1) is 23.5 Å². The van der Waals surface area contributed by atoms with Crippen LogP contribution in [0.2, 0.25) is 10.0 Å². The largest absolute Gasteiger partial charge is 0.497 e. The zero-order chi connectivity index (χ0) is 12.3. The van der Waals surface area contributed by atoms with Crippen LogP contribution in [0.5, 0.6) is 0 Å². The van der Waals surface area contributed by atoms with E-state index < -0.39 is 0 Å². The molecule has 0 saturated carbocycles. The molecular formula is C13H15Cl2NO. The van der Waals surface area contributed by atoms with Crippen molar-refractivity contribution in [2.24, 2.45) is 0 Å². The molecule has 2 nitrogen and oxygen atoms in total. The summed E-state index contributed by atoms with van der Waals surface area (Å²) in [4.78, 5) is 0. The SMILES string of the molecule is Cc1cc(Cl)c(NCC2CCC=CO2)cc1Cl. The van der Waals surface area contributed by atoms with Crippen LogP contribution in [0, 0.1) is 6.92 Å². The molecule has 2 rings (SSSR count). The van der Waals surface area contributed by atoms with Crippen molar-refractivity contribution >= 4 is 28.9 Å². The number of aryl methyl sites for hydroxylation is 1. The number of anilines is 1. The molecule has 92 valence electrons. The average molecular weight is 272 g/mol. The van der Waals surface area contributed by atoms with Gasteiger partial charge < -0.3 is 10.1 Å². The first-order chi connectivity index (χ1) is 8.16. The molecule has 0 spiro atoms. The van der Waals surface area contributed by atoms with E-state index >= 15 is 0 Å². The van der Waals surface area contributed by atoms with Gasteiger partial charge in [0.2, 0.25) is 0 Å². The Kier molecular flexibility index (Phi) is 4.19. The van der Waals surface area contributed by atoms with Crippen LogP contribution in [0.3, 0.4) is 0 Å². The van der Waals surface area contributed by atoms with Gasteiger partial charge in [0, 0.05) is 5.02 Å². The molecule has 0 amide bonds. The van der Waals surface area contributed by atoms with Crippen molar-refractivity contribution in [3.05, 3.63) is 40.1 Å². The first-order valence-electron chi connectivity index (χ1n) is 5.67. The van der Waals surface area contributed by atoms with Gasteiger partial charge in [0.15, 0.2) is 0 Å². The van der Waals surface area contributed by atoms with Crippen LogP contribution in [0.15, 0.2) is 24.5 Å². The molecule has 1 atom stereocenters. The maximum atomic E-state index is 6.14. The van der Waals surface area contributed by atoms with Gasteiger partial charge in [0.1, 0.15) is 6.10 Å². The van der Waals surface area contributed by atoms with Crippen LogP contribution < -0.4 is 5.32 Å². The van der Waals surface area contributed by atoms with Crippen molar-refractivity contribution in [2.75, 3.05) is 11.9 Å². The third-order valence-corrected chi connectivity index (χ3v) is 3.51. The Bertz CT molecular complexity index is 432. The minimum absolute atomic E-state index is 0.205. The lowest BCUT2D eigenvalue weighted by Gasteiger charge is -2.20. The third kappa shape index (κ3) is 3.30. The minimum Gasteiger partial charge on any atom is -0.497 e. The van der Waals surface area contributed by atoms with E-state index in [0.29, 0.717) is 5.02 Å². The summed E-state index contributed by atoms with van der Waals surface area (Å²) < 4.78 is 5.47. The lowest BCUT2D eigenvalue weighted by atomic mass is 10.1. The molecule has 1 heterocycles. The summed E-state index contributed by atoms with van der Waals surface area (Å²) in [7, 11) is 0. The lowest BCUT2D eigenvalue weighted by molar-refractivity contribution is 0.135. The van der Waals surface area contributed by atoms with Gasteiger partial charge >= 0.3 is 0 Å². The van der Waals surface area contributed by atoms with Crippen LogP contribution >= 0.6 is 23.2 Å². The zero-order valence-electron chi connectivity index (χ0n) is 9.67. The predicted octanol–water partition coefficient (Wildman–Crippen LogP) is 4.41. The summed E-state index contributed by atoms with van der Waals surface area (Å²) in [6.45, 7) is 2.68. The topological polar surface area (TPSA) is 21.3 Å². The molecule has 1 aromatic rings. The molecule has 1 aromatic carbocycles. The molecule has 0 fully saturated rings. The van der Waals surface area contributed by atoms with Gasteiger partial charge in [-0.3, -0.25) is 0 Å². The van der Waals surface area contributed by atoms with Crippen molar-refractivity contribution in [1.29, 1.82) is 0 Å². The van der Waals surface area contributed by atoms with Crippen molar-refractivity contribution < 1.29 is 4.74 Å². The number of rotatable bonds is 3. The van der Waals surface area contributed by atoms with E-state index in [4.69, 9.17) is 27.9 Å². The Hall–Kier alpha value is -0.860. The van der Waals surface area contributed by atoms with E-state index in [1.165, 1.54) is 0 Å². The van der Waals surface area contributed by atoms with Crippen LogP contribution in [0.1, 0.15) is 18.4 Å². The smallest absolute Gasteiger partial charge is 0.115 e. The summed E-state index contributed by atoms with van der Waals surface area (Å²) in [5, 5.41) is 4.69. The molecule has 1 aliphatic heterocycles. The van der Waals surface area contributed by atoms with Crippen LogP contribution in [-0.4, -0.2) is 12.6 Å². The number of benzene rings is 1.